The van der Waals surface area contributed by atoms with Crippen LogP contribution >= 0.6 is 7.26 Å². The zero-order valence-corrected chi connectivity index (χ0v) is 26.9. The first-order valence-electron chi connectivity index (χ1n) is 15.4. The molecule has 45 heavy (non-hydrogen) atoms. The van der Waals surface area contributed by atoms with E-state index in [-0.39, 0.29) is 16.6 Å². The number of phenolic OH excluding ortho intramolecular Hbond substituents is 1. The SMILES string of the molecule is Cc1ccc([P+](CCCCOc2cc(O)c3c(=O)cc(-c4ccccc4)oc3c2)(c2ccc(C)cc2)c2ccc(C)cc2)cc1. The number of hydrogen-bond acceptors (Lipinski definition) is 4. The predicted octanol–water partition coefficient (Wildman–Crippen LogP) is 8.24. The van der Waals surface area contributed by atoms with Crippen molar-refractivity contribution in [2.45, 2.75) is 33.6 Å². The summed E-state index contributed by atoms with van der Waals surface area (Å²) in [6.45, 7) is 6.88. The van der Waals surface area contributed by atoms with Crippen LogP contribution < -0.4 is 26.1 Å². The van der Waals surface area contributed by atoms with Gasteiger partial charge in [0.25, 0.3) is 0 Å². The Kier molecular flexibility index (Phi) is 8.87. The molecule has 1 heterocycles. The molecule has 0 amide bonds. The van der Waals surface area contributed by atoms with E-state index in [9.17, 15) is 9.90 Å². The average Bonchev–Trinajstić information content (AvgIpc) is 3.04. The Morgan fingerprint density at radius 1 is 0.667 bits per heavy atom. The maximum absolute atomic E-state index is 12.8. The van der Waals surface area contributed by atoms with Crippen molar-refractivity contribution in [1.29, 1.82) is 0 Å². The van der Waals surface area contributed by atoms with Crippen LogP contribution in [0.5, 0.6) is 11.5 Å². The lowest BCUT2D eigenvalue weighted by molar-refractivity contribution is 0.308. The summed E-state index contributed by atoms with van der Waals surface area (Å²) < 4.78 is 12.2. The number of phenols is 1. The zero-order chi connectivity index (χ0) is 31.4. The molecule has 0 aliphatic heterocycles. The average molecular weight is 614 g/mol. The maximum Gasteiger partial charge on any atom is 0.197 e. The van der Waals surface area contributed by atoms with Crippen LogP contribution in [0.2, 0.25) is 0 Å². The molecule has 0 saturated carbocycles. The minimum absolute atomic E-state index is 0.140. The van der Waals surface area contributed by atoms with Crippen molar-refractivity contribution in [1.82, 2.24) is 0 Å². The highest BCUT2D eigenvalue weighted by molar-refractivity contribution is 7.95. The molecular weight excluding hydrogens is 575 g/mol. The first-order chi connectivity index (χ1) is 21.8. The number of unbranched alkanes of at least 4 members (excludes halogenated alkanes) is 1. The summed E-state index contributed by atoms with van der Waals surface area (Å²) >= 11 is 0. The van der Waals surface area contributed by atoms with E-state index in [1.807, 2.05) is 30.3 Å². The van der Waals surface area contributed by atoms with Gasteiger partial charge in [0.05, 0.1) is 12.8 Å². The highest BCUT2D eigenvalue weighted by Crippen LogP contribution is 2.56. The fourth-order valence-corrected chi connectivity index (χ4v) is 10.3. The quantitative estimate of drug-likeness (QED) is 0.125. The summed E-state index contributed by atoms with van der Waals surface area (Å²) in [5, 5.41) is 15.0. The Hall–Kier alpha value is -4.66. The van der Waals surface area contributed by atoms with E-state index in [0.717, 1.165) is 24.6 Å². The molecule has 5 aromatic carbocycles. The number of rotatable bonds is 10. The highest BCUT2D eigenvalue weighted by atomic mass is 31.2. The van der Waals surface area contributed by atoms with Gasteiger partial charge < -0.3 is 14.3 Å². The summed E-state index contributed by atoms with van der Waals surface area (Å²) in [5.74, 6) is 0.789. The van der Waals surface area contributed by atoms with E-state index in [4.69, 9.17) is 9.15 Å². The van der Waals surface area contributed by atoms with Gasteiger partial charge in [0.1, 0.15) is 51.4 Å². The summed E-state index contributed by atoms with van der Waals surface area (Å²) in [6, 6.07) is 41.3. The molecule has 1 N–H and O–H groups in total. The number of hydrogen-bond donors (Lipinski definition) is 1. The van der Waals surface area contributed by atoms with Gasteiger partial charge in [-0.25, -0.2) is 0 Å². The summed E-state index contributed by atoms with van der Waals surface area (Å²) in [6.07, 6.45) is 2.79. The smallest absolute Gasteiger partial charge is 0.197 e. The fourth-order valence-electron chi connectivity index (χ4n) is 5.94. The van der Waals surface area contributed by atoms with E-state index in [1.165, 1.54) is 44.7 Å². The minimum atomic E-state index is -1.95. The lowest BCUT2D eigenvalue weighted by Gasteiger charge is -2.28. The molecule has 0 aliphatic carbocycles. The van der Waals surface area contributed by atoms with Crippen molar-refractivity contribution in [3.8, 4) is 22.8 Å². The molecule has 0 unspecified atom stereocenters. The van der Waals surface area contributed by atoms with Gasteiger partial charge >= 0.3 is 0 Å². The molecule has 5 heteroatoms. The van der Waals surface area contributed by atoms with Crippen LogP contribution in [-0.4, -0.2) is 17.9 Å². The van der Waals surface area contributed by atoms with Crippen LogP contribution in [0.3, 0.4) is 0 Å². The second kappa shape index (κ2) is 13.1. The van der Waals surface area contributed by atoms with E-state index >= 15 is 0 Å². The normalized spacial score (nSPS) is 11.5. The van der Waals surface area contributed by atoms with Gasteiger partial charge in [-0.2, -0.15) is 0 Å². The lowest BCUT2D eigenvalue weighted by atomic mass is 10.1. The Labute approximate surface area is 265 Å². The van der Waals surface area contributed by atoms with Crippen molar-refractivity contribution in [2.24, 2.45) is 0 Å². The molecule has 0 bridgehead atoms. The third-order valence-corrected chi connectivity index (χ3v) is 12.9. The number of benzene rings is 5. The van der Waals surface area contributed by atoms with Gasteiger partial charge in [-0.1, -0.05) is 83.4 Å². The Balaban J connectivity index is 1.25. The topological polar surface area (TPSA) is 59.7 Å². The van der Waals surface area contributed by atoms with Crippen LogP contribution in [0, 0.1) is 20.8 Å². The van der Waals surface area contributed by atoms with Crippen LogP contribution in [0.1, 0.15) is 29.5 Å². The lowest BCUT2D eigenvalue weighted by Crippen LogP contribution is -2.33. The standard InChI is InChI=1S/C40H37O4P/c1-28-11-17-33(18-12-28)45(34-19-13-29(2)14-20-34,35-21-15-30(3)16-22-35)24-8-7-23-43-32-25-36(41)40-37(42)27-38(44-39(40)26-32)31-9-5-4-6-10-31/h4-6,9-22,25-27H,7-8,23-24H2,1-3H3/p+1. The third-order valence-electron chi connectivity index (χ3n) is 8.42. The van der Waals surface area contributed by atoms with E-state index in [2.05, 4.69) is 93.6 Å². The molecule has 0 saturated heterocycles. The van der Waals surface area contributed by atoms with Crippen molar-refractivity contribution in [3.05, 3.63) is 148 Å². The highest BCUT2D eigenvalue weighted by Gasteiger charge is 2.44. The van der Waals surface area contributed by atoms with Crippen LogP contribution in [-0.2, 0) is 0 Å². The van der Waals surface area contributed by atoms with Gasteiger partial charge in [0, 0.05) is 23.8 Å². The minimum Gasteiger partial charge on any atom is -0.507 e. The van der Waals surface area contributed by atoms with Gasteiger partial charge in [-0.05, 0) is 70.0 Å². The third kappa shape index (κ3) is 6.43. The van der Waals surface area contributed by atoms with E-state index < -0.39 is 7.26 Å². The molecular formula is C40H38O4P+. The van der Waals surface area contributed by atoms with Crippen LogP contribution in [0.4, 0.5) is 0 Å². The van der Waals surface area contributed by atoms with E-state index in [0.29, 0.717) is 23.7 Å². The zero-order valence-electron chi connectivity index (χ0n) is 26.0. The first-order valence-corrected chi connectivity index (χ1v) is 17.4. The molecule has 226 valence electrons. The number of aromatic hydroxyl groups is 1. The van der Waals surface area contributed by atoms with Gasteiger partial charge in [-0.3, -0.25) is 4.79 Å². The molecule has 0 radical (unpaired) electrons. The first kappa shape index (κ1) is 30.4. The van der Waals surface area contributed by atoms with Crippen LogP contribution in [0.15, 0.2) is 131 Å². The molecule has 0 fully saturated rings. The Bertz CT molecular complexity index is 1850. The maximum atomic E-state index is 12.8. The molecule has 4 nitrogen and oxygen atoms in total. The fraction of sp³-hybridized carbons (Fsp3) is 0.175. The Morgan fingerprint density at radius 3 is 1.73 bits per heavy atom. The Morgan fingerprint density at radius 2 is 1.20 bits per heavy atom. The second-order valence-electron chi connectivity index (χ2n) is 11.8. The molecule has 6 rings (SSSR count). The molecule has 0 spiro atoms. The molecule has 0 aliphatic rings. The van der Waals surface area contributed by atoms with Gasteiger partial charge in [0.2, 0.25) is 0 Å². The summed E-state index contributed by atoms with van der Waals surface area (Å²) in [7, 11) is -1.95. The number of ether oxygens (including phenoxy) is 1. The number of fused-ring (bicyclic) bond motifs is 1. The molecule has 6 aromatic rings. The number of aryl methyl sites for hydroxylation is 3. The van der Waals surface area contributed by atoms with E-state index in [1.54, 1.807) is 6.07 Å². The van der Waals surface area contributed by atoms with Crippen molar-refractivity contribution >= 4 is 34.1 Å². The van der Waals surface area contributed by atoms with Crippen molar-refractivity contribution in [2.75, 3.05) is 12.8 Å². The largest absolute Gasteiger partial charge is 0.507 e. The van der Waals surface area contributed by atoms with Crippen molar-refractivity contribution in [3.63, 3.8) is 0 Å². The molecule has 1 aromatic heterocycles. The monoisotopic (exact) mass is 613 g/mol. The summed E-state index contributed by atoms with van der Waals surface area (Å²) in [4.78, 5) is 12.8. The molecule has 0 atom stereocenters. The second-order valence-corrected chi connectivity index (χ2v) is 15.4. The van der Waals surface area contributed by atoms with Gasteiger partial charge in [-0.15, -0.1) is 0 Å². The van der Waals surface area contributed by atoms with Crippen molar-refractivity contribution < 1.29 is 14.3 Å². The van der Waals surface area contributed by atoms with Gasteiger partial charge in [0.15, 0.2) is 5.43 Å². The summed E-state index contributed by atoms with van der Waals surface area (Å²) in [5.41, 5.74) is 4.57. The van der Waals surface area contributed by atoms with Crippen LogP contribution in [0.25, 0.3) is 22.3 Å². The predicted molar refractivity (Wildman–Crippen MR) is 189 cm³/mol.